The van der Waals surface area contributed by atoms with Crippen LogP contribution in [-0.2, 0) is 13.0 Å². The highest BCUT2D eigenvalue weighted by atomic mass is 16.2. The molecule has 2 aromatic heterocycles. The van der Waals surface area contributed by atoms with Crippen LogP contribution in [0.25, 0.3) is 11.3 Å². The molecule has 32 heavy (non-hydrogen) atoms. The van der Waals surface area contributed by atoms with Crippen LogP contribution in [0.4, 0.5) is 5.69 Å². The van der Waals surface area contributed by atoms with Crippen molar-refractivity contribution < 1.29 is 9.59 Å². The van der Waals surface area contributed by atoms with E-state index in [1.807, 2.05) is 35.2 Å². The number of nitrogens with one attached hydrogen (secondary N) is 2. The number of carbonyl (C=O) groups is 2. The highest BCUT2D eigenvalue weighted by molar-refractivity contribution is 5.97. The van der Waals surface area contributed by atoms with E-state index in [4.69, 9.17) is 0 Å². The van der Waals surface area contributed by atoms with Crippen LogP contribution in [0.1, 0.15) is 44.9 Å². The first-order chi connectivity index (χ1) is 15.7. The quantitative estimate of drug-likeness (QED) is 0.603. The van der Waals surface area contributed by atoms with Gasteiger partial charge < -0.3 is 15.2 Å². The van der Waals surface area contributed by atoms with Crippen LogP contribution in [0.2, 0.25) is 0 Å². The fraction of sp³-hybridized carbons (Fsp3) is 0.292. The summed E-state index contributed by atoms with van der Waals surface area (Å²) >= 11 is 0. The largest absolute Gasteiger partial charge is 0.358 e. The molecule has 2 aliphatic rings. The first-order valence-electron chi connectivity index (χ1n) is 10.9. The van der Waals surface area contributed by atoms with Crippen LogP contribution in [0.15, 0.2) is 58.9 Å². The summed E-state index contributed by atoms with van der Waals surface area (Å²) in [5, 5.41) is 11.4. The summed E-state index contributed by atoms with van der Waals surface area (Å²) in [6.45, 7) is 2.67. The standard InChI is InChI=1S/C24H24N6O2/c31-23-20-14-22(28-21(20)8-10-26-23)17-7-9-25-19(13-17)15-27-29-18-5-3-16(4-6-18)24(32)30-11-1-2-12-30/h3-7,9,13-14,28H,1-2,8,10-12,15H2,(H,26,31). The van der Waals surface area contributed by atoms with Crippen LogP contribution in [0, 0.1) is 0 Å². The number of azo groups is 1. The van der Waals surface area contributed by atoms with Gasteiger partial charge in [0.2, 0.25) is 0 Å². The molecule has 3 aromatic rings. The summed E-state index contributed by atoms with van der Waals surface area (Å²) in [5.74, 6) is 0.0421. The van der Waals surface area contributed by atoms with Crippen molar-refractivity contribution in [3.63, 3.8) is 0 Å². The highest BCUT2D eigenvalue weighted by Gasteiger charge is 2.20. The smallest absolute Gasteiger partial charge is 0.253 e. The topological polar surface area (TPSA) is 103 Å². The number of carbonyl (C=O) groups excluding carboxylic acids is 2. The lowest BCUT2D eigenvalue weighted by Gasteiger charge is -2.14. The van der Waals surface area contributed by atoms with Gasteiger partial charge in [-0.05, 0) is 55.3 Å². The van der Waals surface area contributed by atoms with Crippen LogP contribution in [0.3, 0.4) is 0 Å². The molecule has 5 rings (SSSR count). The summed E-state index contributed by atoms with van der Waals surface area (Å²) in [7, 11) is 0. The van der Waals surface area contributed by atoms with E-state index < -0.39 is 0 Å². The maximum absolute atomic E-state index is 12.4. The van der Waals surface area contributed by atoms with Crippen molar-refractivity contribution in [2.75, 3.05) is 19.6 Å². The average molecular weight is 428 g/mol. The third-order valence-electron chi connectivity index (χ3n) is 5.86. The number of amides is 2. The van der Waals surface area contributed by atoms with E-state index in [1.54, 1.807) is 18.3 Å². The van der Waals surface area contributed by atoms with Crippen molar-refractivity contribution in [2.24, 2.45) is 10.2 Å². The number of fused-ring (bicyclic) bond motifs is 1. The molecule has 4 heterocycles. The predicted octanol–water partition coefficient (Wildman–Crippen LogP) is 3.88. The van der Waals surface area contributed by atoms with Crippen molar-refractivity contribution in [1.82, 2.24) is 20.2 Å². The maximum atomic E-state index is 12.4. The highest BCUT2D eigenvalue weighted by Crippen LogP contribution is 2.24. The molecule has 0 aliphatic carbocycles. The van der Waals surface area contributed by atoms with Gasteiger partial charge in [0.05, 0.1) is 16.9 Å². The molecule has 162 valence electrons. The molecule has 1 saturated heterocycles. The second kappa shape index (κ2) is 8.74. The summed E-state index contributed by atoms with van der Waals surface area (Å²) in [4.78, 5) is 34.1. The van der Waals surface area contributed by atoms with Gasteiger partial charge in [0.25, 0.3) is 11.8 Å². The fourth-order valence-corrected chi connectivity index (χ4v) is 4.14. The number of aromatic nitrogens is 2. The first-order valence-corrected chi connectivity index (χ1v) is 10.9. The SMILES string of the molecule is O=C1NCCc2[nH]c(-c3ccnc(CN=Nc4ccc(C(=O)N5CCCC5)cc4)c3)cc21. The Morgan fingerprint density at radius 3 is 2.69 bits per heavy atom. The minimum Gasteiger partial charge on any atom is -0.358 e. The van der Waals surface area contributed by atoms with Crippen LogP contribution in [-0.4, -0.2) is 46.3 Å². The average Bonchev–Trinajstić information content (AvgIpc) is 3.50. The summed E-state index contributed by atoms with van der Waals surface area (Å²) in [6.07, 6.45) is 4.69. The van der Waals surface area contributed by atoms with E-state index in [9.17, 15) is 9.59 Å². The third kappa shape index (κ3) is 4.16. The van der Waals surface area contributed by atoms with E-state index in [2.05, 4.69) is 25.5 Å². The van der Waals surface area contributed by atoms with Crippen LogP contribution in [0.5, 0.6) is 0 Å². The van der Waals surface area contributed by atoms with Gasteiger partial charge in [-0.1, -0.05) is 0 Å². The predicted molar refractivity (Wildman–Crippen MR) is 120 cm³/mol. The van der Waals surface area contributed by atoms with Gasteiger partial charge in [-0.25, -0.2) is 0 Å². The van der Waals surface area contributed by atoms with E-state index >= 15 is 0 Å². The van der Waals surface area contributed by atoms with Gasteiger partial charge >= 0.3 is 0 Å². The second-order valence-electron chi connectivity index (χ2n) is 8.06. The van der Waals surface area contributed by atoms with E-state index in [1.165, 1.54) is 0 Å². The normalized spacial score (nSPS) is 15.8. The lowest BCUT2D eigenvalue weighted by atomic mass is 10.1. The molecule has 1 fully saturated rings. The van der Waals surface area contributed by atoms with Crippen molar-refractivity contribution in [1.29, 1.82) is 0 Å². The number of H-pyrrole nitrogens is 1. The summed E-state index contributed by atoms with van der Waals surface area (Å²) in [5.41, 5.74) is 5.68. The molecule has 0 spiro atoms. The zero-order chi connectivity index (χ0) is 21.9. The molecular formula is C24H24N6O2. The van der Waals surface area contributed by atoms with E-state index in [0.29, 0.717) is 29.9 Å². The number of likely N-dealkylation sites (tertiary alicyclic amines) is 1. The Hall–Kier alpha value is -3.81. The van der Waals surface area contributed by atoms with Gasteiger partial charge in [0, 0.05) is 54.8 Å². The lowest BCUT2D eigenvalue weighted by Crippen LogP contribution is -2.31. The Kier molecular flexibility index (Phi) is 5.49. The summed E-state index contributed by atoms with van der Waals surface area (Å²) < 4.78 is 0. The van der Waals surface area contributed by atoms with Crippen molar-refractivity contribution in [2.45, 2.75) is 25.8 Å². The van der Waals surface area contributed by atoms with Gasteiger partial charge in [0.1, 0.15) is 6.54 Å². The molecule has 8 heteroatoms. The van der Waals surface area contributed by atoms with Crippen LogP contribution >= 0.6 is 0 Å². The van der Waals surface area contributed by atoms with Crippen LogP contribution < -0.4 is 5.32 Å². The Bertz CT molecular complexity index is 1180. The molecule has 1 aromatic carbocycles. The number of nitrogens with zero attached hydrogens (tertiary/aromatic N) is 4. The van der Waals surface area contributed by atoms with Crippen molar-refractivity contribution >= 4 is 17.5 Å². The second-order valence-corrected chi connectivity index (χ2v) is 8.06. The Morgan fingerprint density at radius 2 is 1.91 bits per heavy atom. The number of rotatable bonds is 5. The van der Waals surface area contributed by atoms with Gasteiger partial charge in [-0.3, -0.25) is 14.6 Å². The maximum Gasteiger partial charge on any atom is 0.253 e. The molecule has 2 N–H and O–H groups in total. The van der Waals surface area contributed by atoms with Crippen molar-refractivity contribution in [3.8, 4) is 11.3 Å². The Balaban J connectivity index is 1.24. The minimum atomic E-state index is -0.0371. The molecular weight excluding hydrogens is 404 g/mol. The van der Waals surface area contributed by atoms with Gasteiger partial charge in [0.15, 0.2) is 0 Å². The van der Waals surface area contributed by atoms with Gasteiger partial charge in [-0.15, -0.1) is 0 Å². The Labute approximate surface area is 185 Å². The molecule has 0 bridgehead atoms. The minimum absolute atomic E-state index is 0.0371. The lowest BCUT2D eigenvalue weighted by molar-refractivity contribution is 0.0792. The monoisotopic (exact) mass is 428 g/mol. The van der Waals surface area contributed by atoms with Crippen molar-refractivity contribution in [3.05, 3.63) is 71.2 Å². The molecule has 8 nitrogen and oxygen atoms in total. The molecule has 0 atom stereocenters. The molecule has 0 radical (unpaired) electrons. The van der Waals surface area contributed by atoms with E-state index in [-0.39, 0.29) is 11.8 Å². The number of hydrogen-bond donors (Lipinski definition) is 2. The number of benzene rings is 1. The number of aromatic amines is 1. The first kappa shape index (κ1) is 20.1. The van der Waals surface area contributed by atoms with E-state index in [0.717, 1.165) is 55.0 Å². The zero-order valence-corrected chi connectivity index (χ0v) is 17.7. The fourth-order valence-electron chi connectivity index (χ4n) is 4.14. The van der Waals surface area contributed by atoms with Gasteiger partial charge in [-0.2, -0.15) is 10.2 Å². The summed E-state index contributed by atoms with van der Waals surface area (Å²) in [6, 6.07) is 13.0. The number of hydrogen-bond acceptors (Lipinski definition) is 5. The molecule has 2 amide bonds. The molecule has 0 saturated carbocycles. The number of pyridine rings is 1. The molecule has 2 aliphatic heterocycles. The zero-order valence-electron chi connectivity index (χ0n) is 17.7. The Morgan fingerprint density at radius 1 is 1.09 bits per heavy atom. The third-order valence-corrected chi connectivity index (χ3v) is 5.86. The molecule has 0 unspecified atom stereocenters.